The van der Waals surface area contributed by atoms with Gasteiger partial charge in [0.25, 0.3) is 11.5 Å². The molecule has 6 heteroatoms. The Morgan fingerprint density at radius 1 is 1.17 bits per heavy atom. The molecule has 30 heavy (non-hydrogen) atoms. The Bertz CT molecular complexity index is 960. The Morgan fingerprint density at radius 2 is 1.93 bits per heavy atom. The molecule has 0 bridgehead atoms. The quantitative estimate of drug-likeness (QED) is 0.839. The number of nitrogens with one attached hydrogen (secondary N) is 1. The van der Waals surface area contributed by atoms with Crippen molar-refractivity contribution in [2.24, 2.45) is 5.92 Å². The van der Waals surface area contributed by atoms with Gasteiger partial charge in [-0.25, -0.2) is 4.98 Å². The van der Waals surface area contributed by atoms with Crippen LogP contribution in [0.5, 0.6) is 0 Å². The first kappa shape index (κ1) is 21.0. The van der Waals surface area contributed by atoms with Gasteiger partial charge >= 0.3 is 0 Å². The molecule has 1 aromatic carbocycles. The molecule has 0 spiro atoms. The summed E-state index contributed by atoms with van der Waals surface area (Å²) in [5.41, 5.74) is 1.24. The number of nitrogens with zero attached hydrogens (tertiary/aromatic N) is 3. The number of piperidine rings is 1. The van der Waals surface area contributed by atoms with Gasteiger partial charge in [0.05, 0.1) is 10.9 Å². The van der Waals surface area contributed by atoms with E-state index in [1.54, 1.807) is 18.2 Å². The normalized spacial score (nSPS) is 19.7. The summed E-state index contributed by atoms with van der Waals surface area (Å²) in [6.45, 7) is 8.07. The Morgan fingerprint density at radius 3 is 2.73 bits per heavy atom. The van der Waals surface area contributed by atoms with Crippen LogP contribution in [0.1, 0.15) is 68.6 Å². The number of likely N-dealkylation sites (tertiary alicyclic amines) is 1. The van der Waals surface area contributed by atoms with Crippen molar-refractivity contribution < 1.29 is 4.79 Å². The van der Waals surface area contributed by atoms with Gasteiger partial charge in [0.2, 0.25) is 0 Å². The van der Waals surface area contributed by atoms with Crippen LogP contribution < -0.4 is 10.9 Å². The number of fused-ring (bicyclic) bond motifs is 2. The Kier molecular flexibility index (Phi) is 6.52. The van der Waals surface area contributed by atoms with E-state index in [1.807, 2.05) is 4.57 Å². The maximum absolute atomic E-state index is 12.9. The van der Waals surface area contributed by atoms with E-state index in [9.17, 15) is 9.59 Å². The lowest BCUT2D eigenvalue weighted by Gasteiger charge is -2.35. The molecule has 162 valence electrons. The first-order valence-corrected chi connectivity index (χ1v) is 11.6. The van der Waals surface area contributed by atoms with Crippen molar-refractivity contribution in [3.8, 4) is 0 Å². The molecule has 3 heterocycles. The molecule has 1 aromatic heterocycles. The van der Waals surface area contributed by atoms with Gasteiger partial charge in [-0.2, -0.15) is 0 Å². The maximum Gasteiger partial charge on any atom is 0.261 e. The first-order chi connectivity index (χ1) is 14.5. The predicted octanol–water partition coefficient (Wildman–Crippen LogP) is 3.36. The largest absolute Gasteiger partial charge is 0.350 e. The van der Waals surface area contributed by atoms with Crippen LogP contribution in [-0.4, -0.2) is 46.0 Å². The lowest BCUT2D eigenvalue weighted by atomic mass is 9.98. The molecule has 0 radical (unpaired) electrons. The fourth-order valence-corrected chi connectivity index (χ4v) is 4.68. The Balaban J connectivity index is 1.48. The SMILES string of the molecule is CC1CCN(C(C)CNC(=O)c2ccc3c(=O)n4c(nc3c2)CCCCCC4)CC1. The highest BCUT2D eigenvalue weighted by atomic mass is 16.1. The summed E-state index contributed by atoms with van der Waals surface area (Å²) in [5, 5.41) is 3.68. The summed E-state index contributed by atoms with van der Waals surface area (Å²) in [4.78, 5) is 32.9. The number of aryl methyl sites for hydroxylation is 1. The van der Waals surface area contributed by atoms with Crippen LogP contribution in [0, 0.1) is 5.92 Å². The molecule has 0 aliphatic carbocycles. The summed E-state index contributed by atoms with van der Waals surface area (Å²) in [5.74, 6) is 1.57. The van der Waals surface area contributed by atoms with Gasteiger partial charge < -0.3 is 5.32 Å². The second-order valence-electron chi connectivity index (χ2n) is 9.16. The molecule has 2 aliphatic heterocycles. The van der Waals surface area contributed by atoms with E-state index in [-0.39, 0.29) is 11.5 Å². The molecule has 1 unspecified atom stereocenters. The van der Waals surface area contributed by atoms with Gasteiger partial charge in [-0.05, 0) is 69.8 Å². The third kappa shape index (κ3) is 4.59. The van der Waals surface area contributed by atoms with Crippen molar-refractivity contribution in [2.75, 3.05) is 19.6 Å². The van der Waals surface area contributed by atoms with Crippen LogP contribution >= 0.6 is 0 Å². The standard InChI is InChI=1S/C24H34N4O2/c1-17-10-13-27(14-11-17)18(2)16-25-23(29)19-8-9-20-21(15-19)26-22-7-5-3-4-6-12-28(22)24(20)30/h8-9,15,17-18H,3-7,10-14,16H2,1-2H3,(H,25,29). The van der Waals surface area contributed by atoms with Crippen molar-refractivity contribution in [2.45, 2.75) is 71.4 Å². The van der Waals surface area contributed by atoms with Crippen LogP contribution in [0.4, 0.5) is 0 Å². The number of hydrogen-bond donors (Lipinski definition) is 1. The number of carbonyl (C=O) groups is 1. The molecular weight excluding hydrogens is 376 g/mol. The smallest absolute Gasteiger partial charge is 0.261 e. The van der Waals surface area contributed by atoms with E-state index in [0.717, 1.165) is 57.1 Å². The Labute approximate surface area is 178 Å². The molecule has 2 aliphatic rings. The van der Waals surface area contributed by atoms with Crippen molar-refractivity contribution >= 4 is 16.8 Å². The lowest BCUT2D eigenvalue weighted by Crippen LogP contribution is -2.45. The van der Waals surface area contributed by atoms with Gasteiger partial charge in [-0.15, -0.1) is 0 Å². The minimum Gasteiger partial charge on any atom is -0.350 e. The number of benzene rings is 1. The van der Waals surface area contributed by atoms with Crippen molar-refractivity contribution in [3.63, 3.8) is 0 Å². The van der Waals surface area contributed by atoms with Crippen LogP contribution in [0.15, 0.2) is 23.0 Å². The van der Waals surface area contributed by atoms with E-state index < -0.39 is 0 Å². The van der Waals surface area contributed by atoms with Gasteiger partial charge in [0.1, 0.15) is 5.82 Å². The first-order valence-electron chi connectivity index (χ1n) is 11.6. The van der Waals surface area contributed by atoms with Gasteiger partial charge in [0.15, 0.2) is 0 Å². The average molecular weight is 411 g/mol. The molecule has 2 aromatic rings. The predicted molar refractivity (Wildman–Crippen MR) is 120 cm³/mol. The van der Waals surface area contributed by atoms with E-state index in [4.69, 9.17) is 4.98 Å². The summed E-state index contributed by atoms with van der Waals surface area (Å²) < 4.78 is 1.84. The monoisotopic (exact) mass is 410 g/mol. The van der Waals surface area contributed by atoms with Gasteiger partial charge in [0, 0.05) is 31.1 Å². The third-order valence-electron chi connectivity index (χ3n) is 6.83. The average Bonchev–Trinajstić information content (AvgIpc) is 2.73. The van der Waals surface area contributed by atoms with Crippen molar-refractivity contribution in [1.82, 2.24) is 19.8 Å². The fraction of sp³-hybridized carbons (Fsp3) is 0.625. The summed E-state index contributed by atoms with van der Waals surface area (Å²) >= 11 is 0. The van der Waals surface area contributed by atoms with E-state index in [0.29, 0.717) is 29.1 Å². The molecule has 1 saturated heterocycles. The summed E-state index contributed by atoms with van der Waals surface area (Å²) in [7, 11) is 0. The molecule has 4 rings (SSSR count). The molecule has 0 saturated carbocycles. The van der Waals surface area contributed by atoms with Crippen LogP contribution in [0.3, 0.4) is 0 Å². The number of hydrogen-bond acceptors (Lipinski definition) is 4. The highest BCUT2D eigenvalue weighted by molar-refractivity contribution is 5.97. The second kappa shape index (κ2) is 9.29. The fourth-order valence-electron chi connectivity index (χ4n) is 4.68. The van der Waals surface area contributed by atoms with Gasteiger partial charge in [-0.1, -0.05) is 19.8 Å². The zero-order valence-corrected chi connectivity index (χ0v) is 18.3. The zero-order valence-electron chi connectivity index (χ0n) is 18.3. The van der Waals surface area contributed by atoms with Crippen LogP contribution in [0.2, 0.25) is 0 Å². The zero-order chi connectivity index (χ0) is 21.1. The van der Waals surface area contributed by atoms with Gasteiger partial charge in [-0.3, -0.25) is 19.1 Å². The van der Waals surface area contributed by atoms with E-state index in [1.165, 1.54) is 19.3 Å². The van der Waals surface area contributed by atoms with Crippen molar-refractivity contribution in [1.29, 1.82) is 0 Å². The van der Waals surface area contributed by atoms with E-state index >= 15 is 0 Å². The minimum absolute atomic E-state index is 0.0248. The number of aromatic nitrogens is 2. The minimum atomic E-state index is -0.0947. The molecule has 1 fully saturated rings. The number of carbonyl (C=O) groups excluding carboxylic acids is 1. The third-order valence-corrected chi connectivity index (χ3v) is 6.83. The highest BCUT2D eigenvalue weighted by Gasteiger charge is 2.21. The summed E-state index contributed by atoms with van der Waals surface area (Å²) in [6.07, 6.45) is 7.72. The number of rotatable bonds is 4. The van der Waals surface area contributed by atoms with Crippen molar-refractivity contribution in [3.05, 3.63) is 39.9 Å². The molecule has 1 amide bonds. The molecule has 1 atom stereocenters. The topological polar surface area (TPSA) is 67.2 Å². The molecular formula is C24H34N4O2. The highest BCUT2D eigenvalue weighted by Crippen LogP contribution is 2.18. The Hall–Kier alpha value is -2.21. The van der Waals surface area contributed by atoms with Crippen LogP contribution in [-0.2, 0) is 13.0 Å². The van der Waals surface area contributed by atoms with E-state index in [2.05, 4.69) is 24.1 Å². The van der Waals surface area contributed by atoms with Crippen LogP contribution in [0.25, 0.3) is 10.9 Å². The lowest BCUT2D eigenvalue weighted by molar-refractivity contribution is 0.0922. The number of amides is 1. The molecule has 6 nitrogen and oxygen atoms in total. The summed E-state index contributed by atoms with van der Waals surface area (Å²) in [6, 6.07) is 5.62. The molecule has 1 N–H and O–H groups in total. The maximum atomic E-state index is 12.9. The second-order valence-corrected chi connectivity index (χ2v) is 9.16.